The highest BCUT2D eigenvalue weighted by Gasteiger charge is 2.12. The Morgan fingerprint density at radius 2 is 2.20 bits per heavy atom. The van der Waals surface area contributed by atoms with Crippen molar-refractivity contribution in [2.24, 2.45) is 0 Å². The summed E-state index contributed by atoms with van der Waals surface area (Å²) in [5.74, 6) is 0.690. The van der Waals surface area contributed by atoms with E-state index in [9.17, 15) is 4.39 Å². The number of oxazole rings is 1. The predicted molar refractivity (Wildman–Crippen MR) is 78.4 cm³/mol. The fourth-order valence-electron chi connectivity index (χ4n) is 1.87. The molecular formula is C15H18ClFN2O. The molecule has 1 aromatic carbocycles. The van der Waals surface area contributed by atoms with Crippen LogP contribution in [0.2, 0.25) is 5.02 Å². The van der Waals surface area contributed by atoms with Crippen molar-refractivity contribution in [1.29, 1.82) is 0 Å². The Labute approximate surface area is 123 Å². The quantitative estimate of drug-likeness (QED) is 0.817. The molecule has 0 unspecified atom stereocenters. The van der Waals surface area contributed by atoms with Gasteiger partial charge in [-0.1, -0.05) is 31.5 Å². The van der Waals surface area contributed by atoms with Gasteiger partial charge in [0, 0.05) is 18.0 Å². The number of nitrogens with one attached hydrogen (secondary N) is 1. The summed E-state index contributed by atoms with van der Waals surface area (Å²) in [6.45, 7) is 5.13. The molecule has 5 heteroatoms. The summed E-state index contributed by atoms with van der Waals surface area (Å²) in [6.07, 6.45) is 3.27. The standard InChI is InChI=1S/C15H18ClFN2O/c1-10(2)18-8-4-7-14-19-9-13(20-14)11-5-3-6-12(17)15(11)16/h3,5-6,9-10,18H,4,7-8H2,1-2H3. The molecule has 0 fully saturated rings. The van der Waals surface area contributed by atoms with Crippen LogP contribution in [0.25, 0.3) is 11.3 Å². The molecule has 108 valence electrons. The Morgan fingerprint density at radius 1 is 1.40 bits per heavy atom. The van der Waals surface area contributed by atoms with Crippen LogP contribution in [-0.2, 0) is 6.42 Å². The van der Waals surface area contributed by atoms with E-state index in [1.807, 2.05) is 0 Å². The summed E-state index contributed by atoms with van der Waals surface area (Å²) in [4.78, 5) is 4.20. The van der Waals surface area contributed by atoms with E-state index in [1.165, 1.54) is 6.07 Å². The molecule has 0 spiro atoms. The summed E-state index contributed by atoms with van der Waals surface area (Å²) < 4.78 is 19.0. The molecular weight excluding hydrogens is 279 g/mol. The van der Waals surface area contributed by atoms with E-state index in [0.717, 1.165) is 19.4 Å². The lowest BCUT2D eigenvalue weighted by molar-refractivity contribution is 0.484. The maximum atomic E-state index is 13.4. The Kier molecular flexibility index (Phi) is 5.15. The lowest BCUT2D eigenvalue weighted by Gasteiger charge is -2.06. The number of aryl methyl sites for hydroxylation is 1. The van der Waals surface area contributed by atoms with Gasteiger partial charge in [0.1, 0.15) is 5.82 Å². The minimum atomic E-state index is -0.455. The van der Waals surface area contributed by atoms with Gasteiger partial charge in [0.15, 0.2) is 11.7 Å². The minimum absolute atomic E-state index is 0.0664. The molecule has 3 nitrogen and oxygen atoms in total. The van der Waals surface area contributed by atoms with E-state index in [2.05, 4.69) is 24.1 Å². The maximum absolute atomic E-state index is 13.4. The van der Waals surface area contributed by atoms with E-state index in [-0.39, 0.29) is 5.02 Å². The van der Waals surface area contributed by atoms with Crippen LogP contribution in [0.4, 0.5) is 4.39 Å². The molecule has 0 saturated carbocycles. The molecule has 0 atom stereocenters. The van der Waals surface area contributed by atoms with Crippen molar-refractivity contribution in [3.63, 3.8) is 0 Å². The predicted octanol–water partition coefficient (Wildman–Crippen LogP) is 4.06. The number of hydrogen-bond donors (Lipinski definition) is 1. The highest BCUT2D eigenvalue weighted by Crippen LogP contribution is 2.30. The molecule has 2 aromatic rings. The molecule has 0 aliphatic rings. The topological polar surface area (TPSA) is 38.1 Å². The van der Waals surface area contributed by atoms with E-state index < -0.39 is 5.82 Å². The summed E-state index contributed by atoms with van der Waals surface area (Å²) in [5.41, 5.74) is 0.533. The summed E-state index contributed by atoms with van der Waals surface area (Å²) >= 11 is 5.93. The van der Waals surface area contributed by atoms with Crippen molar-refractivity contribution >= 4 is 11.6 Å². The zero-order valence-electron chi connectivity index (χ0n) is 11.6. The third-order valence-electron chi connectivity index (χ3n) is 2.89. The average molecular weight is 297 g/mol. The molecule has 0 amide bonds. The lowest BCUT2D eigenvalue weighted by Crippen LogP contribution is -2.23. The van der Waals surface area contributed by atoms with Crippen LogP contribution in [0, 0.1) is 5.82 Å². The van der Waals surface area contributed by atoms with Crippen LogP contribution in [0.5, 0.6) is 0 Å². The average Bonchev–Trinajstić information content (AvgIpc) is 2.86. The van der Waals surface area contributed by atoms with Gasteiger partial charge in [-0.3, -0.25) is 0 Å². The first-order chi connectivity index (χ1) is 9.58. The first kappa shape index (κ1) is 15.0. The monoisotopic (exact) mass is 296 g/mol. The van der Waals surface area contributed by atoms with Crippen molar-refractivity contribution in [2.75, 3.05) is 6.54 Å². The van der Waals surface area contributed by atoms with Gasteiger partial charge in [0.2, 0.25) is 0 Å². The van der Waals surface area contributed by atoms with Gasteiger partial charge in [-0.05, 0) is 25.1 Å². The van der Waals surface area contributed by atoms with Crippen LogP contribution >= 0.6 is 11.6 Å². The van der Waals surface area contributed by atoms with E-state index >= 15 is 0 Å². The molecule has 0 saturated heterocycles. The lowest BCUT2D eigenvalue weighted by atomic mass is 10.2. The van der Waals surface area contributed by atoms with Crippen LogP contribution in [0.15, 0.2) is 28.8 Å². The molecule has 1 N–H and O–H groups in total. The Bertz CT molecular complexity index is 569. The normalized spacial score (nSPS) is 11.2. The second-order valence-electron chi connectivity index (χ2n) is 4.93. The highest BCUT2D eigenvalue weighted by molar-refractivity contribution is 6.33. The van der Waals surface area contributed by atoms with Crippen molar-refractivity contribution in [1.82, 2.24) is 10.3 Å². The Morgan fingerprint density at radius 3 is 2.95 bits per heavy atom. The second kappa shape index (κ2) is 6.86. The van der Waals surface area contributed by atoms with Gasteiger partial charge in [0.05, 0.1) is 11.2 Å². The second-order valence-corrected chi connectivity index (χ2v) is 5.31. The number of rotatable bonds is 6. The maximum Gasteiger partial charge on any atom is 0.194 e. The van der Waals surface area contributed by atoms with Crippen molar-refractivity contribution in [3.05, 3.63) is 41.1 Å². The number of aromatic nitrogens is 1. The van der Waals surface area contributed by atoms with Crippen molar-refractivity contribution < 1.29 is 8.81 Å². The van der Waals surface area contributed by atoms with Gasteiger partial charge in [-0.2, -0.15) is 0 Å². The summed E-state index contributed by atoms with van der Waals surface area (Å²) in [6, 6.07) is 5.11. The third kappa shape index (κ3) is 3.81. The molecule has 1 aromatic heterocycles. The number of nitrogens with zero attached hydrogens (tertiary/aromatic N) is 1. The SMILES string of the molecule is CC(C)NCCCc1ncc(-c2cccc(F)c2Cl)o1. The van der Waals surface area contributed by atoms with Crippen LogP contribution < -0.4 is 5.32 Å². The number of benzene rings is 1. The number of halogens is 2. The van der Waals surface area contributed by atoms with Crippen LogP contribution in [0.3, 0.4) is 0 Å². The van der Waals surface area contributed by atoms with E-state index in [1.54, 1.807) is 18.3 Å². The number of hydrogen-bond acceptors (Lipinski definition) is 3. The van der Waals surface area contributed by atoms with E-state index in [0.29, 0.717) is 23.3 Å². The highest BCUT2D eigenvalue weighted by atomic mass is 35.5. The molecule has 0 aliphatic carbocycles. The molecule has 0 radical (unpaired) electrons. The molecule has 20 heavy (non-hydrogen) atoms. The minimum Gasteiger partial charge on any atom is -0.441 e. The van der Waals surface area contributed by atoms with Gasteiger partial charge < -0.3 is 9.73 Å². The molecule has 1 heterocycles. The van der Waals surface area contributed by atoms with E-state index in [4.69, 9.17) is 16.0 Å². The first-order valence-corrected chi connectivity index (χ1v) is 7.08. The zero-order valence-corrected chi connectivity index (χ0v) is 12.4. The zero-order chi connectivity index (χ0) is 14.5. The fourth-order valence-corrected chi connectivity index (χ4v) is 2.09. The van der Waals surface area contributed by atoms with Gasteiger partial charge in [-0.25, -0.2) is 9.37 Å². The Balaban J connectivity index is 2.00. The van der Waals surface area contributed by atoms with Gasteiger partial charge >= 0.3 is 0 Å². The summed E-state index contributed by atoms with van der Waals surface area (Å²) in [5, 5.41) is 3.40. The third-order valence-corrected chi connectivity index (χ3v) is 3.27. The van der Waals surface area contributed by atoms with Gasteiger partial charge in [0.25, 0.3) is 0 Å². The molecule has 0 bridgehead atoms. The van der Waals surface area contributed by atoms with Crippen LogP contribution in [0.1, 0.15) is 26.2 Å². The van der Waals surface area contributed by atoms with Crippen molar-refractivity contribution in [2.45, 2.75) is 32.7 Å². The first-order valence-electron chi connectivity index (χ1n) is 6.70. The fraction of sp³-hybridized carbons (Fsp3) is 0.400. The smallest absolute Gasteiger partial charge is 0.194 e. The molecule has 2 rings (SSSR count). The largest absolute Gasteiger partial charge is 0.441 e. The Hall–Kier alpha value is -1.39. The summed E-state index contributed by atoms with van der Waals surface area (Å²) in [7, 11) is 0. The van der Waals surface area contributed by atoms with Crippen LogP contribution in [-0.4, -0.2) is 17.6 Å². The molecule has 0 aliphatic heterocycles. The van der Waals surface area contributed by atoms with Gasteiger partial charge in [-0.15, -0.1) is 0 Å². The van der Waals surface area contributed by atoms with Crippen molar-refractivity contribution in [3.8, 4) is 11.3 Å².